The lowest BCUT2D eigenvalue weighted by molar-refractivity contribution is 0.110. The number of aryl methyl sites for hydroxylation is 1. The Hall–Kier alpha value is -1.19. The van der Waals surface area contributed by atoms with Gasteiger partial charge in [-0.1, -0.05) is 29.8 Å². The van der Waals surface area contributed by atoms with Gasteiger partial charge in [-0.2, -0.15) is 0 Å². The lowest BCUT2D eigenvalue weighted by atomic mass is 10.1. The van der Waals surface area contributed by atoms with Gasteiger partial charge in [0.2, 0.25) is 0 Å². The van der Waals surface area contributed by atoms with E-state index in [0.29, 0.717) is 12.3 Å². The summed E-state index contributed by atoms with van der Waals surface area (Å²) in [6.45, 7) is 8.31. The van der Waals surface area contributed by atoms with E-state index in [1.165, 1.54) is 5.56 Å². The van der Waals surface area contributed by atoms with Crippen molar-refractivity contribution < 1.29 is 9.84 Å². The minimum atomic E-state index is 0.181. The number of ether oxygens (including phenoxy) is 1. The third-order valence-corrected chi connectivity index (χ3v) is 1.96. The number of nitrogens with one attached hydrogen (secondary N) is 1. The first kappa shape index (κ1) is 15.8. The number of rotatable bonds is 4. The van der Waals surface area contributed by atoms with Crippen LogP contribution in [-0.4, -0.2) is 30.1 Å². The van der Waals surface area contributed by atoms with Crippen molar-refractivity contribution in [2.75, 3.05) is 13.2 Å². The number of hydrogen-bond donors (Lipinski definition) is 2. The highest BCUT2D eigenvalue weighted by Gasteiger charge is 2.02. The Balaban J connectivity index is 0.000000770. The summed E-state index contributed by atoms with van der Waals surface area (Å²) >= 11 is 0. The molecule has 1 rings (SSSR count). The van der Waals surface area contributed by atoms with Crippen LogP contribution >= 0.6 is 0 Å². The van der Waals surface area contributed by atoms with Gasteiger partial charge in [-0.3, -0.25) is 0 Å². The van der Waals surface area contributed by atoms with E-state index in [4.69, 9.17) is 15.3 Å². The predicted molar refractivity (Wildman–Crippen MR) is 71.9 cm³/mol. The first-order valence-electron chi connectivity index (χ1n) is 5.88. The molecule has 0 aliphatic carbocycles. The molecule has 1 aromatic rings. The number of hydrogen-bond acceptors (Lipinski definition) is 3. The van der Waals surface area contributed by atoms with Crippen LogP contribution in [0.4, 0.5) is 0 Å². The van der Waals surface area contributed by atoms with Crippen LogP contribution in [0.15, 0.2) is 24.3 Å². The predicted octanol–water partition coefficient (Wildman–Crippen LogP) is 2.79. The molecule has 0 saturated heterocycles. The van der Waals surface area contributed by atoms with Crippen LogP contribution in [0.2, 0.25) is 0 Å². The molecule has 17 heavy (non-hydrogen) atoms. The van der Waals surface area contributed by atoms with E-state index in [2.05, 4.69) is 0 Å². The molecule has 0 bridgehead atoms. The van der Waals surface area contributed by atoms with Gasteiger partial charge in [-0.25, -0.2) is 0 Å². The molecular formula is C14H23NO2. The molecule has 0 fully saturated rings. The number of aliphatic hydroxyl groups is 1. The molecule has 0 unspecified atom stereocenters. The van der Waals surface area contributed by atoms with Crippen molar-refractivity contribution >= 4 is 5.71 Å². The fourth-order valence-electron chi connectivity index (χ4n) is 1.09. The molecule has 0 saturated carbocycles. The van der Waals surface area contributed by atoms with Crippen LogP contribution in [0.25, 0.3) is 0 Å². The first-order chi connectivity index (χ1) is 8.01. The van der Waals surface area contributed by atoms with Gasteiger partial charge in [0.15, 0.2) is 0 Å². The highest BCUT2D eigenvalue weighted by molar-refractivity contribution is 5.99. The van der Waals surface area contributed by atoms with Gasteiger partial charge in [0.1, 0.15) is 0 Å². The highest BCUT2D eigenvalue weighted by Crippen LogP contribution is 2.04. The van der Waals surface area contributed by atoms with Gasteiger partial charge >= 0.3 is 0 Å². The van der Waals surface area contributed by atoms with Crippen molar-refractivity contribution in [2.45, 2.75) is 33.8 Å². The molecule has 0 aliphatic heterocycles. The van der Waals surface area contributed by atoms with Gasteiger partial charge in [-0.15, -0.1) is 0 Å². The van der Waals surface area contributed by atoms with Crippen molar-refractivity contribution in [3.63, 3.8) is 0 Å². The largest absolute Gasteiger partial charge is 0.397 e. The van der Waals surface area contributed by atoms with E-state index in [-0.39, 0.29) is 12.7 Å². The summed E-state index contributed by atoms with van der Waals surface area (Å²) < 4.78 is 5.36. The molecule has 1 aromatic carbocycles. The van der Waals surface area contributed by atoms with Crippen LogP contribution < -0.4 is 0 Å². The van der Waals surface area contributed by atoms with E-state index in [9.17, 15) is 0 Å². The number of aliphatic hydroxyl groups excluding tert-OH is 1. The Morgan fingerprint density at radius 3 is 2.18 bits per heavy atom. The van der Waals surface area contributed by atoms with Gasteiger partial charge in [-0.05, 0) is 33.3 Å². The average molecular weight is 237 g/mol. The van der Waals surface area contributed by atoms with E-state index in [1.54, 1.807) is 6.92 Å². The van der Waals surface area contributed by atoms with E-state index in [1.807, 2.05) is 45.0 Å². The zero-order valence-electron chi connectivity index (χ0n) is 11.2. The molecule has 0 aliphatic rings. The Labute approximate surface area is 104 Å². The van der Waals surface area contributed by atoms with Crippen molar-refractivity contribution in [1.29, 1.82) is 5.41 Å². The Bertz CT molecular complexity index is 317. The standard InChI is InChI=1S/C12H17NO.C2H6O/c1-9(2)14-8-12(13)11-6-4-10(3)5-7-11;1-2-3/h4-7,9,13H,8H2,1-3H3;3H,2H2,1H3. The van der Waals surface area contributed by atoms with Crippen molar-refractivity contribution in [1.82, 2.24) is 0 Å². The SMILES string of the molecule is CCO.Cc1ccc(C(=N)COC(C)C)cc1. The second kappa shape index (κ2) is 8.90. The topological polar surface area (TPSA) is 53.3 Å². The second-order valence-corrected chi connectivity index (χ2v) is 4.02. The molecule has 0 heterocycles. The highest BCUT2D eigenvalue weighted by atomic mass is 16.5. The van der Waals surface area contributed by atoms with Crippen LogP contribution in [0, 0.1) is 12.3 Å². The van der Waals surface area contributed by atoms with E-state index >= 15 is 0 Å². The van der Waals surface area contributed by atoms with Gasteiger partial charge in [0, 0.05) is 6.61 Å². The molecular weight excluding hydrogens is 214 g/mol. The number of benzene rings is 1. The fourth-order valence-corrected chi connectivity index (χ4v) is 1.09. The van der Waals surface area contributed by atoms with E-state index < -0.39 is 0 Å². The zero-order valence-corrected chi connectivity index (χ0v) is 11.2. The average Bonchev–Trinajstić information content (AvgIpc) is 2.28. The summed E-state index contributed by atoms with van der Waals surface area (Å²) in [4.78, 5) is 0. The molecule has 3 heteroatoms. The summed E-state index contributed by atoms with van der Waals surface area (Å²) in [6.07, 6.45) is 0.181. The molecule has 0 radical (unpaired) electrons. The van der Waals surface area contributed by atoms with Gasteiger partial charge in [0.25, 0.3) is 0 Å². The lowest BCUT2D eigenvalue weighted by Crippen LogP contribution is -2.13. The third-order valence-electron chi connectivity index (χ3n) is 1.96. The summed E-state index contributed by atoms with van der Waals surface area (Å²) in [5, 5.41) is 15.3. The van der Waals surface area contributed by atoms with Crippen molar-refractivity contribution in [2.24, 2.45) is 0 Å². The van der Waals surface area contributed by atoms with Gasteiger partial charge < -0.3 is 15.3 Å². The lowest BCUT2D eigenvalue weighted by Gasteiger charge is -2.08. The van der Waals surface area contributed by atoms with Crippen LogP contribution in [0.5, 0.6) is 0 Å². The van der Waals surface area contributed by atoms with Crippen LogP contribution in [0.3, 0.4) is 0 Å². The molecule has 0 aromatic heterocycles. The van der Waals surface area contributed by atoms with E-state index in [0.717, 1.165) is 5.56 Å². The molecule has 0 atom stereocenters. The second-order valence-electron chi connectivity index (χ2n) is 4.02. The smallest absolute Gasteiger partial charge is 0.0890 e. The first-order valence-corrected chi connectivity index (χ1v) is 5.88. The molecule has 96 valence electrons. The molecule has 0 spiro atoms. The summed E-state index contributed by atoms with van der Waals surface area (Å²) in [6, 6.07) is 7.95. The zero-order chi connectivity index (χ0) is 13.3. The minimum Gasteiger partial charge on any atom is -0.397 e. The van der Waals surface area contributed by atoms with Crippen LogP contribution in [0.1, 0.15) is 31.9 Å². The fraction of sp³-hybridized carbons (Fsp3) is 0.500. The molecule has 0 amide bonds. The van der Waals surface area contributed by atoms with Crippen LogP contribution in [-0.2, 0) is 4.74 Å². The summed E-state index contributed by atoms with van der Waals surface area (Å²) in [7, 11) is 0. The van der Waals surface area contributed by atoms with Gasteiger partial charge in [0.05, 0.1) is 18.4 Å². The Morgan fingerprint density at radius 2 is 1.76 bits per heavy atom. The van der Waals surface area contributed by atoms with Crippen molar-refractivity contribution in [3.8, 4) is 0 Å². The molecule has 2 N–H and O–H groups in total. The maximum absolute atomic E-state index is 7.77. The summed E-state index contributed by atoms with van der Waals surface area (Å²) in [5.74, 6) is 0. The maximum Gasteiger partial charge on any atom is 0.0890 e. The normalized spacial score (nSPS) is 9.76. The summed E-state index contributed by atoms with van der Waals surface area (Å²) in [5.41, 5.74) is 2.70. The molecule has 3 nitrogen and oxygen atoms in total. The quantitative estimate of drug-likeness (QED) is 0.791. The third kappa shape index (κ3) is 7.66. The Morgan fingerprint density at radius 1 is 1.29 bits per heavy atom. The maximum atomic E-state index is 7.77. The van der Waals surface area contributed by atoms with Crippen molar-refractivity contribution in [3.05, 3.63) is 35.4 Å². The monoisotopic (exact) mass is 237 g/mol. The Kier molecular flexibility index (Phi) is 8.28. The minimum absolute atomic E-state index is 0.181.